The van der Waals surface area contributed by atoms with Crippen molar-refractivity contribution in [3.05, 3.63) is 48.3 Å². The lowest BCUT2D eigenvalue weighted by atomic mass is 9.95. The van der Waals surface area contributed by atoms with Gasteiger partial charge in [-0.25, -0.2) is 17.6 Å². The fraction of sp³-hybridized carbons (Fsp3) is 0.417. The van der Waals surface area contributed by atoms with Gasteiger partial charge in [0.15, 0.2) is 0 Å². The first kappa shape index (κ1) is 26.3. The highest BCUT2D eigenvalue weighted by atomic mass is 32.2. The molecule has 1 aliphatic heterocycles. The van der Waals surface area contributed by atoms with Crippen LogP contribution in [0.2, 0.25) is 0 Å². The average Bonchev–Trinajstić information content (AvgIpc) is 2.70. The van der Waals surface area contributed by atoms with Crippen molar-refractivity contribution >= 4 is 33.4 Å². The predicted octanol–water partition coefficient (Wildman–Crippen LogP) is 4.04. The van der Waals surface area contributed by atoms with Crippen LogP contribution in [0.3, 0.4) is 0 Å². The highest BCUT2D eigenvalue weighted by Crippen LogP contribution is 2.40. The van der Waals surface area contributed by atoms with Crippen LogP contribution < -0.4 is 19.7 Å². The van der Waals surface area contributed by atoms with Crippen molar-refractivity contribution in [1.82, 2.24) is 5.32 Å². The molecule has 0 saturated heterocycles. The molecule has 2 aromatic rings. The first-order valence-corrected chi connectivity index (χ1v) is 12.4. The van der Waals surface area contributed by atoms with Crippen LogP contribution in [0, 0.1) is 5.82 Å². The fourth-order valence-electron chi connectivity index (χ4n) is 3.62. The summed E-state index contributed by atoms with van der Waals surface area (Å²) in [7, 11) is -4.16. The van der Waals surface area contributed by atoms with Crippen molar-refractivity contribution in [3.8, 4) is 5.75 Å². The number of anilines is 2. The number of carbonyl (C=O) groups is 2. The number of nitrogens with one attached hydrogen (secondary N) is 2. The second-order valence-corrected chi connectivity index (χ2v) is 11.7. The summed E-state index contributed by atoms with van der Waals surface area (Å²) < 4.78 is 53.2. The normalized spacial score (nSPS) is 16.1. The topological polar surface area (TPSA) is 114 Å². The Morgan fingerprint density at radius 3 is 2.29 bits per heavy atom. The van der Waals surface area contributed by atoms with Crippen LogP contribution in [0.25, 0.3) is 0 Å². The Bertz CT molecular complexity index is 1220. The van der Waals surface area contributed by atoms with E-state index in [0.717, 1.165) is 16.4 Å². The van der Waals surface area contributed by atoms with Gasteiger partial charge in [-0.05, 0) is 77.1 Å². The number of sulfonamides is 1. The van der Waals surface area contributed by atoms with Crippen LogP contribution >= 0.6 is 0 Å². The molecule has 0 bridgehead atoms. The second-order valence-electron chi connectivity index (χ2n) is 9.81. The molecule has 2 amide bonds. The Morgan fingerprint density at radius 2 is 1.71 bits per heavy atom. The minimum Gasteiger partial charge on any atom is -0.484 e. The van der Waals surface area contributed by atoms with Gasteiger partial charge in [0.2, 0.25) is 5.91 Å². The van der Waals surface area contributed by atoms with Gasteiger partial charge in [-0.15, -0.1) is 0 Å². The van der Waals surface area contributed by atoms with E-state index in [9.17, 15) is 22.4 Å². The molecule has 0 spiro atoms. The highest BCUT2D eigenvalue weighted by molar-refractivity contribution is 7.92. The van der Waals surface area contributed by atoms with Crippen molar-refractivity contribution in [3.63, 3.8) is 0 Å². The van der Waals surface area contributed by atoms with Gasteiger partial charge in [-0.2, -0.15) is 0 Å². The zero-order valence-electron chi connectivity index (χ0n) is 20.5. The minimum absolute atomic E-state index is 0.117. The van der Waals surface area contributed by atoms with Crippen molar-refractivity contribution in [2.24, 2.45) is 0 Å². The standard InChI is InChI=1S/C24H30FN3O6S/c1-15(29)27-24(5,6)21-14-28(35(31,32)18-10-7-16(25)8-11-18)19-13-17(9-12-20(19)33-21)26-22(30)34-23(2,3)4/h7-13,21H,14H2,1-6H3,(H,26,30)(H,27,29)/t21-/m1/s1. The quantitative estimate of drug-likeness (QED) is 0.631. The molecule has 0 aromatic heterocycles. The van der Waals surface area contributed by atoms with Crippen molar-refractivity contribution in [2.45, 2.75) is 63.7 Å². The van der Waals surface area contributed by atoms with Gasteiger partial charge in [0.1, 0.15) is 23.3 Å². The third-order valence-corrected chi connectivity index (χ3v) is 6.97. The lowest BCUT2D eigenvalue weighted by Crippen LogP contribution is -2.60. The molecule has 1 heterocycles. The number of benzene rings is 2. The zero-order valence-corrected chi connectivity index (χ0v) is 21.3. The summed E-state index contributed by atoms with van der Waals surface area (Å²) in [5.74, 6) is -0.630. The maximum atomic E-state index is 13.6. The van der Waals surface area contributed by atoms with Crippen LogP contribution in [-0.4, -0.2) is 44.2 Å². The van der Waals surface area contributed by atoms with E-state index < -0.39 is 39.2 Å². The number of amides is 2. The Labute approximate surface area is 204 Å². The summed E-state index contributed by atoms with van der Waals surface area (Å²) in [6.07, 6.45) is -1.45. The Balaban J connectivity index is 2.05. The van der Waals surface area contributed by atoms with Crippen LogP contribution in [0.4, 0.5) is 20.6 Å². The summed E-state index contributed by atoms with van der Waals surface area (Å²) >= 11 is 0. The van der Waals surface area contributed by atoms with Crippen molar-refractivity contribution in [2.75, 3.05) is 16.2 Å². The second kappa shape index (κ2) is 9.37. The van der Waals surface area contributed by atoms with Gasteiger partial charge in [0, 0.05) is 12.6 Å². The molecule has 0 unspecified atom stereocenters. The third-order valence-electron chi connectivity index (χ3n) is 5.18. The Morgan fingerprint density at radius 1 is 1.09 bits per heavy atom. The molecule has 190 valence electrons. The molecule has 1 atom stereocenters. The minimum atomic E-state index is -4.16. The maximum absolute atomic E-state index is 13.6. The number of halogens is 1. The zero-order chi connectivity index (χ0) is 26.2. The van der Waals surface area contributed by atoms with E-state index in [1.54, 1.807) is 40.7 Å². The van der Waals surface area contributed by atoms with Crippen LogP contribution in [0.15, 0.2) is 47.4 Å². The maximum Gasteiger partial charge on any atom is 0.412 e. The van der Waals surface area contributed by atoms with Gasteiger partial charge in [-0.3, -0.25) is 14.4 Å². The largest absolute Gasteiger partial charge is 0.484 e. The van der Waals surface area contributed by atoms with Gasteiger partial charge < -0.3 is 14.8 Å². The van der Waals surface area contributed by atoms with E-state index in [-0.39, 0.29) is 28.8 Å². The molecule has 9 nitrogen and oxygen atoms in total. The molecule has 0 fully saturated rings. The predicted molar refractivity (Wildman–Crippen MR) is 130 cm³/mol. The fourth-order valence-corrected chi connectivity index (χ4v) is 5.09. The average molecular weight is 508 g/mol. The number of rotatable bonds is 5. The number of ether oxygens (including phenoxy) is 2. The van der Waals surface area contributed by atoms with Crippen LogP contribution in [-0.2, 0) is 19.6 Å². The SMILES string of the molecule is CC(=O)NC(C)(C)[C@H]1CN(S(=O)(=O)c2ccc(F)cc2)c2cc(NC(=O)OC(C)(C)C)ccc2O1. The molecule has 2 N–H and O–H groups in total. The molecular weight excluding hydrogens is 477 g/mol. The molecule has 0 saturated carbocycles. The van der Waals surface area contributed by atoms with E-state index in [1.807, 2.05) is 0 Å². The summed E-state index contributed by atoms with van der Waals surface area (Å²) in [6.45, 7) is 9.84. The third kappa shape index (κ3) is 6.21. The van der Waals surface area contributed by atoms with Gasteiger partial charge in [0.25, 0.3) is 10.0 Å². The van der Waals surface area contributed by atoms with Gasteiger partial charge in [0.05, 0.1) is 22.7 Å². The summed E-state index contributed by atoms with van der Waals surface area (Å²) in [5, 5.41) is 5.38. The lowest BCUT2D eigenvalue weighted by molar-refractivity contribution is -0.121. The number of nitrogens with zero attached hydrogens (tertiary/aromatic N) is 1. The molecular formula is C24H30FN3O6S. The summed E-state index contributed by atoms with van der Waals surface area (Å²) in [5.41, 5.74) is -1.17. The molecule has 0 radical (unpaired) electrons. The summed E-state index contributed by atoms with van der Waals surface area (Å²) in [4.78, 5) is 23.9. The van der Waals surface area contributed by atoms with Crippen LogP contribution in [0.1, 0.15) is 41.5 Å². The Kier molecular flexibility index (Phi) is 7.03. The summed E-state index contributed by atoms with van der Waals surface area (Å²) in [6, 6.07) is 9.03. The molecule has 1 aliphatic rings. The first-order valence-electron chi connectivity index (χ1n) is 11.0. The first-order chi connectivity index (χ1) is 16.1. The highest BCUT2D eigenvalue weighted by Gasteiger charge is 2.42. The molecule has 0 aliphatic carbocycles. The van der Waals surface area contributed by atoms with E-state index in [1.165, 1.54) is 31.2 Å². The lowest BCUT2D eigenvalue weighted by Gasteiger charge is -2.42. The molecule has 2 aromatic carbocycles. The molecule has 3 rings (SSSR count). The van der Waals surface area contributed by atoms with Crippen molar-refractivity contribution < 1.29 is 31.9 Å². The smallest absolute Gasteiger partial charge is 0.412 e. The van der Waals surface area contributed by atoms with E-state index >= 15 is 0 Å². The number of carbonyl (C=O) groups excluding carboxylic acids is 2. The monoisotopic (exact) mass is 507 g/mol. The van der Waals surface area contributed by atoms with E-state index in [0.29, 0.717) is 5.69 Å². The molecule has 11 heteroatoms. The van der Waals surface area contributed by atoms with Gasteiger partial charge in [-0.1, -0.05) is 0 Å². The number of fused-ring (bicyclic) bond motifs is 1. The number of hydrogen-bond acceptors (Lipinski definition) is 6. The van der Waals surface area contributed by atoms with E-state index in [4.69, 9.17) is 9.47 Å². The Hall–Kier alpha value is -3.34. The number of hydrogen-bond donors (Lipinski definition) is 2. The van der Waals surface area contributed by atoms with Crippen molar-refractivity contribution in [1.29, 1.82) is 0 Å². The van der Waals surface area contributed by atoms with Crippen LogP contribution in [0.5, 0.6) is 5.75 Å². The van der Waals surface area contributed by atoms with Gasteiger partial charge >= 0.3 is 6.09 Å². The van der Waals surface area contributed by atoms with E-state index in [2.05, 4.69) is 10.6 Å². The molecule has 35 heavy (non-hydrogen) atoms.